The molecule has 0 aliphatic rings. The smallest absolute Gasteiger partial charge is 0.396 e. The lowest BCUT2D eigenvalue weighted by atomic mass is 10.2. The summed E-state index contributed by atoms with van der Waals surface area (Å²) < 4.78 is 38.3. The first kappa shape index (κ1) is 10.5. The van der Waals surface area contributed by atoms with E-state index in [1.165, 1.54) is 29.2 Å². The van der Waals surface area contributed by atoms with Crippen LogP contribution in [-0.2, 0) is 6.18 Å². The van der Waals surface area contributed by atoms with E-state index in [2.05, 4.69) is 5.10 Å². The van der Waals surface area contributed by atoms with Crippen LogP contribution in [0.5, 0.6) is 0 Å². The summed E-state index contributed by atoms with van der Waals surface area (Å²) in [7, 11) is 0. The van der Waals surface area contributed by atoms with Gasteiger partial charge in [0.2, 0.25) is 0 Å². The van der Waals surface area contributed by atoms with Crippen molar-refractivity contribution in [3.05, 3.63) is 42.2 Å². The predicted molar refractivity (Wildman–Crippen MR) is 53.0 cm³/mol. The maximum absolute atomic E-state index is 12.3. The first-order valence-corrected chi connectivity index (χ1v) is 4.44. The standard InChI is InChI=1S/C10H8F3N3/c11-10(12,13)7-1-3-9(4-2-7)16-6-8(14)5-15-16/h1-6H,14H2. The number of nitrogens with two attached hydrogens (primary N) is 1. The Morgan fingerprint density at radius 1 is 1.12 bits per heavy atom. The van der Waals surface area contributed by atoms with Crippen LogP contribution in [0.15, 0.2) is 36.7 Å². The van der Waals surface area contributed by atoms with E-state index in [-0.39, 0.29) is 0 Å². The minimum Gasteiger partial charge on any atom is -0.396 e. The van der Waals surface area contributed by atoms with Crippen molar-refractivity contribution in [2.24, 2.45) is 0 Å². The number of benzene rings is 1. The van der Waals surface area contributed by atoms with Crippen molar-refractivity contribution >= 4 is 5.69 Å². The molecule has 3 nitrogen and oxygen atoms in total. The number of rotatable bonds is 1. The van der Waals surface area contributed by atoms with Gasteiger partial charge in [-0.15, -0.1) is 0 Å². The molecule has 0 bridgehead atoms. The monoisotopic (exact) mass is 227 g/mol. The lowest BCUT2D eigenvalue weighted by molar-refractivity contribution is -0.137. The van der Waals surface area contributed by atoms with Gasteiger partial charge in [0.1, 0.15) is 0 Å². The molecule has 1 heterocycles. The van der Waals surface area contributed by atoms with Crippen molar-refractivity contribution in [1.82, 2.24) is 9.78 Å². The molecule has 0 atom stereocenters. The number of anilines is 1. The van der Waals surface area contributed by atoms with Crippen molar-refractivity contribution in [3.63, 3.8) is 0 Å². The van der Waals surface area contributed by atoms with Gasteiger partial charge in [0.05, 0.1) is 29.3 Å². The van der Waals surface area contributed by atoms with Crippen molar-refractivity contribution in [2.45, 2.75) is 6.18 Å². The second kappa shape index (κ2) is 3.55. The zero-order valence-electron chi connectivity index (χ0n) is 8.07. The molecular formula is C10H8F3N3. The van der Waals surface area contributed by atoms with E-state index in [1.807, 2.05) is 0 Å². The number of alkyl halides is 3. The molecule has 0 radical (unpaired) electrons. The summed E-state index contributed by atoms with van der Waals surface area (Å²) in [5, 5.41) is 3.89. The number of nitrogens with zero attached hydrogens (tertiary/aromatic N) is 2. The first-order chi connectivity index (χ1) is 7.47. The fourth-order valence-corrected chi connectivity index (χ4v) is 1.28. The van der Waals surface area contributed by atoms with E-state index in [0.29, 0.717) is 11.4 Å². The molecule has 2 rings (SSSR count). The van der Waals surface area contributed by atoms with Gasteiger partial charge in [-0.3, -0.25) is 0 Å². The molecule has 0 spiro atoms. The van der Waals surface area contributed by atoms with E-state index in [0.717, 1.165) is 12.1 Å². The summed E-state index contributed by atoms with van der Waals surface area (Å²) in [6.45, 7) is 0. The van der Waals surface area contributed by atoms with Crippen LogP contribution < -0.4 is 5.73 Å². The highest BCUT2D eigenvalue weighted by Crippen LogP contribution is 2.29. The fraction of sp³-hybridized carbons (Fsp3) is 0.100. The predicted octanol–water partition coefficient (Wildman–Crippen LogP) is 2.47. The Balaban J connectivity index is 2.33. The van der Waals surface area contributed by atoms with Gasteiger partial charge in [-0.2, -0.15) is 18.3 Å². The van der Waals surface area contributed by atoms with Gasteiger partial charge in [0.15, 0.2) is 0 Å². The summed E-state index contributed by atoms with van der Waals surface area (Å²) in [5.74, 6) is 0. The number of hydrogen-bond acceptors (Lipinski definition) is 2. The lowest BCUT2D eigenvalue weighted by Gasteiger charge is -2.07. The highest BCUT2D eigenvalue weighted by Gasteiger charge is 2.29. The Labute approximate surface area is 89.3 Å². The Bertz CT molecular complexity index is 485. The molecule has 84 valence electrons. The minimum atomic E-state index is -4.32. The van der Waals surface area contributed by atoms with Crippen LogP contribution in [-0.4, -0.2) is 9.78 Å². The van der Waals surface area contributed by atoms with Gasteiger partial charge >= 0.3 is 6.18 Å². The van der Waals surface area contributed by atoms with E-state index in [9.17, 15) is 13.2 Å². The van der Waals surface area contributed by atoms with E-state index in [1.54, 1.807) is 0 Å². The Morgan fingerprint density at radius 2 is 1.75 bits per heavy atom. The maximum Gasteiger partial charge on any atom is 0.416 e. The molecule has 0 saturated heterocycles. The Morgan fingerprint density at radius 3 is 2.19 bits per heavy atom. The van der Waals surface area contributed by atoms with Gasteiger partial charge in [-0.05, 0) is 24.3 Å². The topological polar surface area (TPSA) is 43.8 Å². The summed E-state index contributed by atoms with van der Waals surface area (Å²) in [6, 6.07) is 4.70. The van der Waals surface area contributed by atoms with Crippen LogP contribution in [0.1, 0.15) is 5.56 Å². The summed E-state index contributed by atoms with van der Waals surface area (Å²) in [4.78, 5) is 0. The molecule has 2 N–H and O–H groups in total. The zero-order chi connectivity index (χ0) is 11.8. The Kier molecular flexibility index (Phi) is 2.34. The normalized spacial score (nSPS) is 11.7. The lowest BCUT2D eigenvalue weighted by Crippen LogP contribution is -2.05. The van der Waals surface area contributed by atoms with Crippen molar-refractivity contribution in [2.75, 3.05) is 5.73 Å². The van der Waals surface area contributed by atoms with Gasteiger partial charge in [0.25, 0.3) is 0 Å². The molecule has 2 aromatic rings. The molecule has 0 amide bonds. The third-order valence-electron chi connectivity index (χ3n) is 2.06. The van der Waals surface area contributed by atoms with Crippen molar-refractivity contribution in [3.8, 4) is 5.69 Å². The second-order valence-electron chi connectivity index (χ2n) is 3.26. The number of aromatic nitrogens is 2. The quantitative estimate of drug-likeness (QED) is 0.813. The van der Waals surface area contributed by atoms with Gasteiger partial charge < -0.3 is 5.73 Å². The molecule has 0 unspecified atom stereocenters. The van der Waals surface area contributed by atoms with Crippen molar-refractivity contribution in [1.29, 1.82) is 0 Å². The van der Waals surface area contributed by atoms with E-state index in [4.69, 9.17) is 5.73 Å². The third-order valence-corrected chi connectivity index (χ3v) is 2.06. The third kappa shape index (κ3) is 2.00. The zero-order valence-corrected chi connectivity index (χ0v) is 8.07. The molecule has 0 fully saturated rings. The van der Waals surface area contributed by atoms with Crippen LogP contribution >= 0.6 is 0 Å². The number of halogens is 3. The highest BCUT2D eigenvalue weighted by molar-refractivity contribution is 5.39. The molecule has 0 saturated carbocycles. The van der Waals surface area contributed by atoms with Crippen LogP contribution in [0, 0.1) is 0 Å². The van der Waals surface area contributed by atoms with Gasteiger partial charge in [-0.1, -0.05) is 0 Å². The molecule has 1 aromatic heterocycles. The largest absolute Gasteiger partial charge is 0.416 e. The molecule has 16 heavy (non-hydrogen) atoms. The number of nitrogen functional groups attached to an aromatic ring is 1. The van der Waals surface area contributed by atoms with Crippen molar-refractivity contribution < 1.29 is 13.2 Å². The average Bonchev–Trinajstić information content (AvgIpc) is 2.64. The second-order valence-corrected chi connectivity index (χ2v) is 3.26. The summed E-state index contributed by atoms with van der Waals surface area (Å²) in [6.07, 6.45) is -1.36. The number of hydrogen-bond donors (Lipinski definition) is 1. The molecule has 1 aromatic carbocycles. The summed E-state index contributed by atoms with van der Waals surface area (Å²) in [5.41, 5.74) is 5.76. The van der Waals surface area contributed by atoms with Crippen LogP contribution in [0.25, 0.3) is 5.69 Å². The van der Waals surface area contributed by atoms with Crippen LogP contribution in [0.4, 0.5) is 18.9 Å². The first-order valence-electron chi connectivity index (χ1n) is 4.44. The molecule has 0 aliphatic carbocycles. The molecule has 6 heteroatoms. The minimum absolute atomic E-state index is 0.458. The van der Waals surface area contributed by atoms with Crippen LogP contribution in [0.2, 0.25) is 0 Å². The fourth-order valence-electron chi connectivity index (χ4n) is 1.28. The van der Waals surface area contributed by atoms with E-state index >= 15 is 0 Å². The van der Waals surface area contributed by atoms with E-state index < -0.39 is 11.7 Å². The average molecular weight is 227 g/mol. The highest BCUT2D eigenvalue weighted by atomic mass is 19.4. The maximum atomic E-state index is 12.3. The SMILES string of the molecule is Nc1cnn(-c2ccc(C(F)(F)F)cc2)c1. The molecule has 0 aliphatic heterocycles. The van der Waals surface area contributed by atoms with Gasteiger partial charge in [-0.25, -0.2) is 4.68 Å². The Hall–Kier alpha value is -1.98. The van der Waals surface area contributed by atoms with Crippen LogP contribution in [0.3, 0.4) is 0 Å². The molecular weight excluding hydrogens is 219 g/mol. The van der Waals surface area contributed by atoms with Gasteiger partial charge in [0, 0.05) is 0 Å². The summed E-state index contributed by atoms with van der Waals surface area (Å²) >= 11 is 0.